The second kappa shape index (κ2) is 7.81. The van der Waals surface area contributed by atoms with Crippen LogP contribution in [-0.4, -0.2) is 28.8 Å². The van der Waals surface area contributed by atoms with E-state index in [4.69, 9.17) is 10.2 Å². The van der Waals surface area contributed by atoms with Crippen molar-refractivity contribution in [2.45, 2.75) is 19.8 Å². The smallest absolute Gasteiger partial charge is 0.255 e. The van der Waals surface area contributed by atoms with E-state index in [2.05, 4.69) is 10.4 Å². The number of aromatic nitrogens is 2. The number of nitrogens with two attached hydrogens (primary N) is 1. The minimum absolute atomic E-state index is 0.164. The Labute approximate surface area is 146 Å². The molecule has 3 aromatic rings. The number of nitrogens with one attached hydrogen (secondary N) is 1. The summed E-state index contributed by atoms with van der Waals surface area (Å²) >= 11 is 0. The highest BCUT2D eigenvalue weighted by Crippen LogP contribution is 2.25. The third kappa shape index (κ3) is 3.97. The van der Waals surface area contributed by atoms with Crippen LogP contribution in [0.15, 0.2) is 53.1 Å². The van der Waals surface area contributed by atoms with Crippen molar-refractivity contribution >= 4 is 5.91 Å². The first-order chi connectivity index (χ1) is 12.2. The fourth-order valence-electron chi connectivity index (χ4n) is 2.56. The Morgan fingerprint density at radius 1 is 1.20 bits per heavy atom. The summed E-state index contributed by atoms with van der Waals surface area (Å²) in [5.74, 6) is 1.20. The standard InChI is InChI=1S/C19H22N4O2/c1-14-9-10-17(25-14)18-16(19(24)21-12-6-5-11-20)13-23(22-18)15-7-3-2-4-8-15/h2-4,7-10,13H,5-6,11-12,20H2,1H3,(H,21,24). The van der Waals surface area contributed by atoms with Gasteiger partial charge in [0.15, 0.2) is 5.76 Å². The topological polar surface area (TPSA) is 86.1 Å². The Balaban J connectivity index is 1.92. The fraction of sp³-hybridized carbons (Fsp3) is 0.263. The molecule has 0 aliphatic rings. The molecule has 0 fully saturated rings. The average molecular weight is 338 g/mol. The summed E-state index contributed by atoms with van der Waals surface area (Å²) < 4.78 is 7.38. The van der Waals surface area contributed by atoms with E-state index in [1.807, 2.05) is 49.4 Å². The molecule has 0 unspecified atom stereocenters. The summed E-state index contributed by atoms with van der Waals surface area (Å²) in [5, 5.41) is 7.50. The average Bonchev–Trinajstić information content (AvgIpc) is 3.25. The number of carbonyl (C=O) groups excluding carboxylic acids is 1. The first-order valence-electron chi connectivity index (χ1n) is 8.39. The van der Waals surface area contributed by atoms with Gasteiger partial charge in [0.1, 0.15) is 11.5 Å². The van der Waals surface area contributed by atoms with Crippen molar-refractivity contribution in [3.8, 4) is 17.1 Å². The van der Waals surface area contributed by atoms with Crippen molar-refractivity contribution in [1.29, 1.82) is 0 Å². The van der Waals surface area contributed by atoms with Gasteiger partial charge in [-0.1, -0.05) is 18.2 Å². The summed E-state index contributed by atoms with van der Waals surface area (Å²) in [4.78, 5) is 12.6. The van der Waals surface area contributed by atoms with Crippen molar-refractivity contribution in [1.82, 2.24) is 15.1 Å². The van der Waals surface area contributed by atoms with Gasteiger partial charge < -0.3 is 15.5 Å². The van der Waals surface area contributed by atoms with Crippen LogP contribution in [0.5, 0.6) is 0 Å². The molecule has 3 N–H and O–H groups in total. The molecule has 0 aliphatic heterocycles. The number of nitrogens with zero attached hydrogens (tertiary/aromatic N) is 2. The second-order valence-electron chi connectivity index (χ2n) is 5.83. The molecule has 0 spiro atoms. The molecular weight excluding hydrogens is 316 g/mol. The van der Waals surface area contributed by atoms with Gasteiger partial charge >= 0.3 is 0 Å². The predicted molar refractivity (Wildman–Crippen MR) is 96.6 cm³/mol. The van der Waals surface area contributed by atoms with Crippen molar-refractivity contribution in [3.63, 3.8) is 0 Å². The van der Waals surface area contributed by atoms with Gasteiger partial charge in [0.05, 0.1) is 11.3 Å². The number of hydrogen-bond acceptors (Lipinski definition) is 4. The van der Waals surface area contributed by atoms with Crippen molar-refractivity contribution in [3.05, 3.63) is 60.0 Å². The molecule has 1 amide bonds. The summed E-state index contributed by atoms with van der Waals surface area (Å²) in [5.41, 5.74) is 7.40. The number of unbranched alkanes of at least 4 members (excludes halogenated alkanes) is 1. The van der Waals surface area contributed by atoms with E-state index >= 15 is 0 Å². The minimum Gasteiger partial charge on any atom is -0.460 e. The summed E-state index contributed by atoms with van der Waals surface area (Å²) in [6.07, 6.45) is 3.47. The maximum atomic E-state index is 12.6. The van der Waals surface area contributed by atoms with Crippen LogP contribution in [-0.2, 0) is 0 Å². The zero-order valence-corrected chi connectivity index (χ0v) is 14.2. The first kappa shape index (κ1) is 17.0. The highest BCUT2D eigenvalue weighted by atomic mass is 16.3. The van der Waals surface area contributed by atoms with Crippen LogP contribution in [0.4, 0.5) is 0 Å². The van der Waals surface area contributed by atoms with Crippen LogP contribution >= 0.6 is 0 Å². The number of para-hydroxylation sites is 1. The molecule has 0 saturated carbocycles. The lowest BCUT2D eigenvalue weighted by molar-refractivity contribution is 0.0953. The zero-order valence-electron chi connectivity index (χ0n) is 14.2. The Bertz CT molecular complexity index is 836. The van der Waals surface area contributed by atoms with Crippen molar-refractivity contribution in [2.24, 2.45) is 5.73 Å². The molecule has 6 nitrogen and oxygen atoms in total. The zero-order chi connectivity index (χ0) is 17.6. The van der Waals surface area contributed by atoms with E-state index in [0.717, 1.165) is 24.3 Å². The number of amides is 1. The Morgan fingerprint density at radius 3 is 2.68 bits per heavy atom. The molecule has 0 aliphatic carbocycles. The van der Waals surface area contributed by atoms with E-state index in [1.165, 1.54) is 0 Å². The third-order valence-electron chi connectivity index (χ3n) is 3.87. The van der Waals surface area contributed by atoms with E-state index in [0.29, 0.717) is 30.1 Å². The van der Waals surface area contributed by atoms with Gasteiger partial charge in [0, 0.05) is 12.7 Å². The number of rotatable bonds is 7. The quantitative estimate of drug-likeness (QED) is 0.649. The molecule has 25 heavy (non-hydrogen) atoms. The lowest BCUT2D eigenvalue weighted by Crippen LogP contribution is -2.25. The van der Waals surface area contributed by atoms with Crippen LogP contribution in [0.2, 0.25) is 0 Å². The van der Waals surface area contributed by atoms with Gasteiger partial charge in [-0.3, -0.25) is 4.79 Å². The summed E-state index contributed by atoms with van der Waals surface area (Å²) in [6.45, 7) is 3.08. The van der Waals surface area contributed by atoms with E-state index in [1.54, 1.807) is 10.9 Å². The van der Waals surface area contributed by atoms with Crippen LogP contribution in [0.25, 0.3) is 17.1 Å². The molecule has 1 aromatic carbocycles. The van der Waals surface area contributed by atoms with Gasteiger partial charge in [-0.05, 0) is 50.6 Å². The van der Waals surface area contributed by atoms with Crippen LogP contribution in [0, 0.1) is 6.92 Å². The Morgan fingerprint density at radius 2 is 2.00 bits per heavy atom. The van der Waals surface area contributed by atoms with E-state index in [-0.39, 0.29) is 5.91 Å². The van der Waals surface area contributed by atoms with Gasteiger partial charge in [0.25, 0.3) is 5.91 Å². The molecule has 2 heterocycles. The number of hydrogen-bond donors (Lipinski definition) is 2. The number of furan rings is 1. The lowest BCUT2D eigenvalue weighted by atomic mass is 10.2. The molecule has 3 rings (SSSR count). The maximum absolute atomic E-state index is 12.6. The molecule has 0 saturated heterocycles. The second-order valence-corrected chi connectivity index (χ2v) is 5.83. The van der Waals surface area contributed by atoms with E-state index < -0.39 is 0 Å². The monoisotopic (exact) mass is 338 g/mol. The third-order valence-corrected chi connectivity index (χ3v) is 3.87. The van der Waals surface area contributed by atoms with Crippen molar-refractivity contribution in [2.75, 3.05) is 13.1 Å². The minimum atomic E-state index is -0.164. The molecule has 0 bridgehead atoms. The molecule has 0 radical (unpaired) electrons. The largest absolute Gasteiger partial charge is 0.460 e. The lowest BCUT2D eigenvalue weighted by Gasteiger charge is -2.03. The number of benzene rings is 1. The highest BCUT2D eigenvalue weighted by Gasteiger charge is 2.20. The fourth-order valence-corrected chi connectivity index (χ4v) is 2.56. The van der Waals surface area contributed by atoms with Crippen molar-refractivity contribution < 1.29 is 9.21 Å². The number of aryl methyl sites for hydroxylation is 1. The Hall–Kier alpha value is -2.86. The van der Waals surface area contributed by atoms with Gasteiger partial charge in [-0.15, -0.1) is 0 Å². The summed E-state index contributed by atoms with van der Waals surface area (Å²) in [6, 6.07) is 13.4. The first-order valence-corrected chi connectivity index (χ1v) is 8.39. The molecular formula is C19H22N4O2. The number of carbonyl (C=O) groups is 1. The summed E-state index contributed by atoms with van der Waals surface area (Å²) in [7, 11) is 0. The van der Waals surface area contributed by atoms with Gasteiger partial charge in [-0.2, -0.15) is 5.10 Å². The van der Waals surface area contributed by atoms with E-state index in [9.17, 15) is 4.79 Å². The normalized spacial score (nSPS) is 10.8. The van der Waals surface area contributed by atoms with Crippen LogP contribution in [0.3, 0.4) is 0 Å². The molecule has 130 valence electrons. The van der Waals surface area contributed by atoms with Crippen LogP contribution in [0.1, 0.15) is 29.0 Å². The molecule has 2 aromatic heterocycles. The predicted octanol–water partition coefficient (Wildman–Crippen LogP) is 2.91. The van der Waals surface area contributed by atoms with Gasteiger partial charge in [0.2, 0.25) is 0 Å². The highest BCUT2D eigenvalue weighted by molar-refractivity contribution is 5.99. The molecule has 0 atom stereocenters. The van der Waals surface area contributed by atoms with Crippen LogP contribution < -0.4 is 11.1 Å². The maximum Gasteiger partial charge on any atom is 0.255 e. The molecule has 6 heteroatoms. The van der Waals surface area contributed by atoms with Gasteiger partial charge in [-0.25, -0.2) is 4.68 Å². The SMILES string of the molecule is Cc1ccc(-c2nn(-c3ccccc3)cc2C(=O)NCCCCN)o1. The Kier molecular flexibility index (Phi) is 5.30.